The molecule has 0 fully saturated rings. The zero-order valence-corrected chi connectivity index (χ0v) is 9.32. The first-order valence-electron chi connectivity index (χ1n) is 4.39. The second kappa shape index (κ2) is 4.64. The van der Waals surface area contributed by atoms with Gasteiger partial charge in [-0.05, 0) is 19.1 Å². The summed E-state index contributed by atoms with van der Waals surface area (Å²) in [5, 5.41) is 15.6. The average Bonchev–Trinajstić information content (AvgIpc) is 2.61. The summed E-state index contributed by atoms with van der Waals surface area (Å²) in [6.07, 6.45) is -0.698. The largest absolute Gasteiger partial charge is 0.438 e. The van der Waals surface area contributed by atoms with E-state index in [1.807, 2.05) is 0 Å². The average molecular weight is 248 g/mol. The molecule has 7 nitrogen and oxygen atoms in total. The molecule has 1 aromatic heterocycles. The summed E-state index contributed by atoms with van der Waals surface area (Å²) in [7, 11) is -3.94. The minimum Gasteiger partial charge on any atom is -0.438 e. The van der Waals surface area contributed by atoms with Crippen LogP contribution in [0.2, 0.25) is 0 Å². The number of sulfonamides is 1. The summed E-state index contributed by atoms with van der Waals surface area (Å²) in [5.74, 6) is -0.791. The summed E-state index contributed by atoms with van der Waals surface area (Å²) in [5.41, 5.74) is 0. The zero-order valence-electron chi connectivity index (χ0n) is 8.50. The van der Waals surface area contributed by atoms with E-state index in [9.17, 15) is 13.2 Å². The highest BCUT2D eigenvalue weighted by atomic mass is 32.2. The van der Waals surface area contributed by atoms with Crippen molar-refractivity contribution in [3.05, 3.63) is 17.9 Å². The van der Waals surface area contributed by atoms with Crippen LogP contribution in [-0.4, -0.2) is 32.1 Å². The molecule has 0 aliphatic rings. The molecule has 0 aliphatic carbocycles. The molecule has 4 N–H and O–H groups in total. The van der Waals surface area contributed by atoms with Gasteiger partial charge in [0.15, 0.2) is 5.76 Å². The fourth-order valence-corrected chi connectivity index (χ4v) is 1.39. The normalized spacial score (nSPS) is 13.4. The van der Waals surface area contributed by atoms with E-state index in [4.69, 9.17) is 14.7 Å². The van der Waals surface area contributed by atoms with E-state index in [0.717, 1.165) is 6.07 Å². The smallest absolute Gasteiger partial charge is 0.287 e. The molecule has 1 rings (SSSR count). The molecule has 0 saturated heterocycles. The van der Waals surface area contributed by atoms with E-state index in [1.165, 1.54) is 13.0 Å². The topological polar surface area (TPSA) is 123 Å². The molecule has 0 spiro atoms. The van der Waals surface area contributed by atoms with Crippen molar-refractivity contribution in [2.24, 2.45) is 5.14 Å². The lowest BCUT2D eigenvalue weighted by Gasteiger charge is -2.04. The first-order chi connectivity index (χ1) is 7.30. The number of aliphatic hydroxyl groups is 1. The van der Waals surface area contributed by atoms with E-state index >= 15 is 0 Å². The number of rotatable bonds is 4. The minimum atomic E-state index is -3.94. The van der Waals surface area contributed by atoms with Gasteiger partial charge in [-0.15, -0.1) is 0 Å². The van der Waals surface area contributed by atoms with Gasteiger partial charge in [0.25, 0.3) is 15.9 Å². The second-order valence-electron chi connectivity index (χ2n) is 3.22. The predicted molar refractivity (Wildman–Crippen MR) is 54.1 cm³/mol. The van der Waals surface area contributed by atoms with Crippen molar-refractivity contribution in [3.63, 3.8) is 0 Å². The highest BCUT2D eigenvalue weighted by Gasteiger charge is 2.17. The zero-order chi connectivity index (χ0) is 12.3. The van der Waals surface area contributed by atoms with Crippen LogP contribution in [0.25, 0.3) is 0 Å². The van der Waals surface area contributed by atoms with Gasteiger partial charge in [0.2, 0.25) is 5.09 Å². The second-order valence-corrected chi connectivity index (χ2v) is 4.72. The maximum Gasteiger partial charge on any atom is 0.287 e. The monoisotopic (exact) mass is 248 g/mol. The lowest BCUT2D eigenvalue weighted by molar-refractivity contribution is 0.0891. The standard InChI is InChI=1S/C8H12N2O5S/c1-5(11)4-10-8(12)6-2-3-7(15-6)16(9,13)14/h2-3,5,11H,4H2,1H3,(H,10,12)(H2,9,13,14). The Morgan fingerprint density at radius 3 is 2.69 bits per heavy atom. The van der Waals surface area contributed by atoms with Crippen LogP contribution in [0.4, 0.5) is 0 Å². The SMILES string of the molecule is CC(O)CNC(=O)c1ccc(S(N)(=O)=O)o1. The molecule has 0 radical (unpaired) electrons. The number of carbonyl (C=O) groups is 1. The summed E-state index contributed by atoms with van der Waals surface area (Å²) < 4.78 is 26.4. The molecule has 0 bridgehead atoms. The molecule has 0 aromatic carbocycles. The van der Waals surface area contributed by atoms with Gasteiger partial charge in [-0.25, -0.2) is 13.6 Å². The summed E-state index contributed by atoms with van der Waals surface area (Å²) >= 11 is 0. The third kappa shape index (κ3) is 3.33. The van der Waals surface area contributed by atoms with Gasteiger partial charge in [0.1, 0.15) is 0 Å². The van der Waals surface area contributed by atoms with Gasteiger partial charge in [-0.3, -0.25) is 4.79 Å². The Hall–Kier alpha value is -1.38. The molecule has 16 heavy (non-hydrogen) atoms. The molecule has 1 atom stereocenters. The van der Waals surface area contributed by atoms with Crippen LogP contribution in [0.1, 0.15) is 17.5 Å². The maximum atomic E-state index is 11.3. The molecule has 90 valence electrons. The highest BCUT2D eigenvalue weighted by Crippen LogP contribution is 2.11. The minimum absolute atomic E-state index is 0.0459. The Bertz CT molecular complexity index is 476. The Morgan fingerprint density at radius 1 is 1.62 bits per heavy atom. The van der Waals surface area contributed by atoms with Gasteiger partial charge in [-0.1, -0.05) is 0 Å². The molecule has 1 amide bonds. The van der Waals surface area contributed by atoms with Crippen LogP contribution in [-0.2, 0) is 10.0 Å². The highest BCUT2D eigenvalue weighted by molar-refractivity contribution is 7.89. The number of carbonyl (C=O) groups excluding carboxylic acids is 1. The molecule has 0 aliphatic heterocycles. The van der Waals surface area contributed by atoms with Crippen molar-refractivity contribution < 1.29 is 22.7 Å². The first-order valence-corrected chi connectivity index (χ1v) is 5.94. The number of primary sulfonamides is 1. The number of hydrogen-bond donors (Lipinski definition) is 3. The molecular weight excluding hydrogens is 236 g/mol. The van der Waals surface area contributed by atoms with Crippen LogP contribution in [0, 0.1) is 0 Å². The quantitative estimate of drug-likeness (QED) is 0.633. The number of amides is 1. The Morgan fingerprint density at radius 2 is 2.25 bits per heavy atom. The van der Waals surface area contributed by atoms with Crippen molar-refractivity contribution in [1.29, 1.82) is 0 Å². The van der Waals surface area contributed by atoms with Crippen LogP contribution >= 0.6 is 0 Å². The van der Waals surface area contributed by atoms with Gasteiger partial charge >= 0.3 is 0 Å². The van der Waals surface area contributed by atoms with Gasteiger partial charge in [0, 0.05) is 6.54 Å². The summed E-state index contributed by atoms with van der Waals surface area (Å²) in [6, 6.07) is 2.28. The maximum absolute atomic E-state index is 11.3. The molecule has 1 heterocycles. The van der Waals surface area contributed by atoms with Gasteiger partial charge < -0.3 is 14.8 Å². The van der Waals surface area contributed by atoms with E-state index in [-0.39, 0.29) is 12.3 Å². The molecule has 1 aromatic rings. The summed E-state index contributed by atoms with van der Waals surface area (Å²) in [6.45, 7) is 1.54. The van der Waals surface area contributed by atoms with E-state index in [0.29, 0.717) is 0 Å². The van der Waals surface area contributed by atoms with Crippen molar-refractivity contribution in [2.45, 2.75) is 18.1 Å². The fourth-order valence-electron chi connectivity index (χ4n) is 0.923. The van der Waals surface area contributed by atoms with E-state index in [2.05, 4.69) is 5.32 Å². The van der Waals surface area contributed by atoms with Crippen LogP contribution in [0.15, 0.2) is 21.6 Å². The number of furan rings is 1. The molecule has 0 saturated carbocycles. The van der Waals surface area contributed by atoms with Gasteiger partial charge in [0.05, 0.1) is 6.10 Å². The number of nitrogens with one attached hydrogen (secondary N) is 1. The number of nitrogens with two attached hydrogens (primary N) is 1. The van der Waals surface area contributed by atoms with Crippen molar-refractivity contribution in [2.75, 3.05) is 6.54 Å². The Kier molecular flexibility index (Phi) is 3.68. The van der Waals surface area contributed by atoms with Crippen LogP contribution in [0.3, 0.4) is 0 Å². The lowest BCUT2D eigenvalue weighted by atomic mass is 10.4. The van der Waals surface area contributed by atoms with Crippen molar-refractivity contribution in [3.8, 4) is 0 Å². The van der Waals surface area contributed by atoms with Crippen LogP contribution < -0.4 is 10.5 Å². The van der Waals surface area contributed by atoms with Crippen molar-refractivity contribution in [1.82, 2.24) is 5.32 Å². The van der Waals surface area contributed by atoms with E-state index < -0.39 is 27.1 Å². The van der Waals surface area contributed by atoms with Gasteiger partial charge in [-0.2, -0.15) is 0 Å². The Labute approximate surface area is 92.3 Å². The van der Waals surface area contributed by atoms with E-state index in [1.54, 1.807) is 0 Å². The predicted octanol–water partition coefficient (Wildman–Crippen LogP) is -0.962. The number of aliphatic hydroxyl groups excluding tert-OH is 1. The number of hydrogen-bond acceptors (Lipinski definition) is 5. The van der Waals surface area contributed by atoms with Crippen LogP contribution in [0.5, 0.6) is 0 Å². The fraction of sp³-hybridized carbons (Fsp3) is 0.375. The third-order valence-corrected chi connectivity index (χ3v) is 2.42. The first kappa shape index (κ1) is 12.7. The third-order valence-electron chi connectivity index (χ3n) is 1.64. The molecular formula is C8H12N2O5S. The Balaban J connectivity index is 2.75. The molecule has 8 heteroatoms. The molecule has 1 unspecified atom stereocenters. The van der Waals surface area contributed by atoms with Crippen molar-refractivity contribution >= 4 is 15.9 Å². The lowest BCUT2D eigenvalue weighted by Crippen LogP contribution is -2.30. The summed E-state index contributed by atoms with van der Waals surface area (Å²) in [4.78, 5) is 11.3.